The second-order valence-corrected chi connectivity index (χ2v) is 4.16. The maximum Gasteiger partial charge on any atom is 0.337 e. The average Bonchev–Trinajstić information content (AvgIpc) is 2.23. The molecular formula is C10H14O9. The molecule has 0 aliphatic rings. The first-order chi connectivity index (χ1) is 8.53. The van der Waals surface area contributed by atoms with Gasteiger partial charge in [-0.2, -0.15) is 0 Å². The van der Waals surface area contributed by atoms with E-state index >= 15 is 0 Å². The van der Waals surface area contributed by atoms with Crippen LogP contribution in [0.15, 0.2) is 0 Å². The third-order valence-electron chi connectivity index (χ3n) is 2.78. The predicted octanol–water partition coefficient (Wildman–Crippen LogP) is -1.68. The van der Waals surface area contributed by atoms with Crippen LogP contribution in [0.3, 0.4) is 0 Å². The number of aliphatic hydroxyl groups excluding tert-OH is 1. The van der Waals surface area contributed by atoms with E-state index in [0.717, 1.165) is 6.92 Å². The molecule has 9 nitrogen and oxygen atoms in total. The highest BCUT2D eigenvalue weighted by Crippen LogP contribution is 2.38. The van der Waals surface area contributed by atoms with Crippen molar-refractivity contribution in [1.29, 1.82) is 0 Å². The highest BCUT2D eigenvalue weighted by atomic mass is 16.4. The van der Waals surface area contributed by atoms with Crippen molar-refractivity contribution in [2.75, 3.05) is 6.61 Å². The van der Waals surface area contributed by atoms with Crippen LogP contribution >= 0.6 is 0 Å². The quantitative estimate of drug-likeness (QED) is 0.348. The third kappa shape index (κ3) is 3.06. The van der Waals surface area contributed by atoms with Crippen LogP contribution in [0.2, 0.25) is 0 Å². The van der Waals surface area contributed by atoms with Crippen molar-refractivity contribution in [3.8, 4) is 0 Å². The van der Waals surface area contributed by atoms with Crippen LogP contribution in [0.4, 0.5) is 0 Å². The van der Waals surface area contributed by atoms with E-state index in [1.54, 1.807) is 0 Å². The van der Waals surface area contributed by atoms with Gasteiger partial charge in [-0.25, -0.2) is 4.79 Å². The van der Waals surface area contributed by atoms with Crippen molar-refractivity contribution < 1.29 is 44.7 Å². The molecule has 0 fully saturated rings. The standard InChI is InChI=1S/C10H14O9/c1-5(12)2-9(4-11,7(15)16)10(19,8(17)18)3-6(13)14/h11,19H,2-4H2,1H3,(H,13,14)(H,15,16)(H,17,18). The Hall–Kier alpha value is -2.00. The van der Waals surface area contributed by atoms with Crippen molar-refractivity contribution in [1.82, 2.24) is 0 Å². The third-order valence-corrected chi connectivity index (χ3v) is 2.78. The fraction of sp³-hybridized carbons (Fsp3) is 0.600. The molecule has 2 atom stereocenters. The van der Waals surface area contributed by atoms with Crippen molar-refractivity contribution in [3.63, 3.8) is 0 Å². The number of ketones is 1. The molecule has 0 aliphatic heterocycles. The van der Waals surface area contributed by atoms with E-state index in [9.17, 15) is 24.3 Å². The Morgan fingerprint density at radius 3 is 1.63 bits per heavy atom. The van der Waals surface area contributed by atoms with Gasteiger partial charge in [-0.05, 0) is 6.92 Å². The number of Topliss-reactive ketones (excluding diaryl/α,β-unsaturated/α-hetero) is 1. The Kier molecular flexibility index (Phi) is 5.15. The first-order valence-electron chi connectivity index (χ1n) is 5.04. The lowest BCUT2D eigenvalue weighted by molar-refractivity contribution is -0.199. The summed E-state index contributed by atoms with van der Waals surface area (Å²) in [6.07, 6.45) is -2.49. The monoisotopic (exact) mass is 278 g/mol. The molecule has 0 aliphatic carbocycles. The molecular weight excluding hydrogens is 264 g/mol. The zero-order chi connectivity index (χ0) is 15.4. The summed E-state index contributed by atoms with van der Waals surface area (Å²) in [5, 5.41) is 45.6. The van der Waals surface area contributed by atoms with Gasteiger partial charge in [0.15, 0.2) is 5.60 Å². The predicted molar refractivity (Wildman–Crippen MR) is 57.3 cm³/mol. The molecule has 0 aromatic heterocycles. The average molecular weight is 278 g/mol. The van der Waals surface area contributed by atoms with Gasteiger partial charge in [-0.1, -0.05) is 0 Å². The van der Waals surface area contributed by atoms with Crippen LogP contribution in [0, 0.1) is 5.41 Å². The summed E-state index contributed by atoms with van der Waals surface area (Å²) in [6.45, 7) is -0.478. The molecule has 0 aromatic carbocycles. The number of hydrogen-bond donors (Lipinski definition) is 5. The Morgan fingerprint density at radius 1 is 0.947 bits per heavy atom. The zero-order valence-corrected chi connectivity index (χ0v) is 9.99. The first-order valence-corrected chi connectivity index (χ1v) is 5.04. The molecule has 0 saturated carbocycles. The number of hydrogen-bond acceptors (Lipinski definition) is 6. The topological polar surface area (TPSA) is 169 Å². The SMILES string of the molecule is CC(=O)CC(CO)(C(=O)O)C(O)(CC(=O)O)C(=O)O. The molecule has 19 heavy (non-hydrogen) atoms. The molecule has 0 radical (unpaired) electrons. The van der Waals surface area contributed by atoms with E-state index in [-0.39, 0.29) is 0 Å². The van der Waals surface area contributed by atoms with E-state index in [1.165, 1.54) is 0 Å². The molecule has 0 bridgehead atoms. The number of aliphatic carboxylic acids is 3. The summed E-state index contributed by atoms with van der Waals surface area (Å²) in [7, 11) is 0. The van der Waals surface area contributed by atoms with Gasteiger partial charge in [0.1, 0.15) is 11.2 Å². The van der Waals surface area contributed by atoms with Crippen molar-refractivity contribution in [2.45, 2.75) is 25.4 Å². The number of carboxylic acid groups (broad SMARTS) is 3. The maximum atomic E-state index is 11.2. The van der Waals surface area contributed by atoms with Crippen LogP contribution in [0.5, 0.6) is 0 Å². The fourth-order valence-corrected chi connectivity index (χ4v) is 1.75. The fourth-order valence-electron chi connectivity index (χ4n) is 1.75. The van der Waals surface area contributed by atoms with Crippen molar-refractivity contribution >= 4 is 23.7 Å². The summed E-state index contributed by atoms with van der Waals surface area (Å²) in [5.41, 5.74) is -6.14. The first kappa shape index (κ1) is 17.0. The van der Waals surface area contributed by atoms with Crippen molar-refractivity contribution in [2.24, 2.45) is 5.41 Å². The summed E-state index contributed by atoms with van der Waals surface area (Å²) >= 11 is 0. The molecule has 0 spiro atoms. The lowest BCUT2D eigenvalue weighted by Crippen LogP contribution is -2.61. The van der Waals surface area contributed by atoms with E-state index < -0.39 is 54.2 Å². The van der Waals surface area contributed by atoms with Gasteiger partial charge >= 0.3 is 17.9 Å². The van der Waals surface area contributed by atoms with Crippen LogP contribution in [0.25, 0.3) is 0 Å². The van der Waals surface area contributed by atoms with E-state index in [2.05, 4.69) is 0 Å². The summed E-state index contributed by atoms with van der Waals surface area (Å²) < 4.78 is 0. The molecule has 0 heterocycles. The van der Waals surface area contributed by atoms with Crippen LogP contribution < -0.4 is 0 Å². The Labute approximate surface area is 107 Å². The van der Waals surface area contributed by atoms with E-state index in [0.29, 0.717) is 0 Å². The second kappa shape index (κ2) is 5.76. The zero-order valence-electron chi connectivity index (χ0n) is 9.99. The van der Waals surface area contributed by atoms with Gasteiger partial charge in [0.05, 0.1) is 13.0 Å². The number of rotatable bonds is 8. The highest BCUT2D eigenvalue weighted by Gasteiger charge is 2.62. The summed E-state index contributed by atoms with van der Waals surface area (Å²) in [4.78, 5) is 43.9. The van der Waals surface area contributed by atoms with Gasteiger partial charge in [0, 0.05) is 6.42 Å². The minimum atomic E-state index is -3.31. The minimum absolute atomic E-state index is 0.818. The molecule has 5 N–H and O–H groups in total. The largest absolute Gasteiger partial charge is 0.481 e. The van der Waals surface area contributed by atoms with Gasteiger partial charge in [-0.15, -0.1) is 0 Å². The number of carboxylic acids is 3. The van der Waals surface area contributed by atoms with E-state index in [1.807, 2.05) is 0 Å². The smallest absolute Gasteiger partial charge is 0.337 e. The normalized spacial score (nSPS) is 17.0. The molecule has 0 saturated heterocycles. The lowest BCUT2D eigenvalue weighted by atomic mass is 9.67. The summed E-state index contributed by atoms with van der Waals surface area (Å²) in [5.74, 6) is -6.72. The second-order valence-electron chi connectivity index (χ2n) is 4.16. The van der Waals surface area contributed by atoms with Gasteiger partial charge in [-0.3, -0.25) is 14.4 Å². The van der Waals surface area contributed by atoms with Crippen LogP contribution in [0.1, 0.15) is 19.8 Å². The van der Waals surface area contributed by atoms with E-state index in [4.69, 9.17) is 20.4 Å². The Morgan fingerprint density at radius 2 is 1.42 bits per heavy atom. The molecule has 0 amide bonds. The van der Waals surface area contributed by atoms with Crippen LogP contribution in [-0.2, 0) is 19.2 Å². The molecule has 2 unspecified atom stereocenters. The minimum Gasteiger partial charge on any atom is -0.481 e. The number of aliphatic hydroxyl groups is 2. The molecule has 108 valence electrons. The molecule has 9 heteroatoms. The summed E-state index contributed by atoms with van der Waals surface area (Å²) in [6, 6.07) is 0. The Balaban J connectivity index is 6.02. The van der Waals surface area contributed by atoms with Crippen LogP contribution in [-0.4, -0.2) is 61.4 Å². The Bertz CT molecular complexity index is 415. The maximum absolute atomic E-state index is 11.2. The number of carbonyl (C=O) groups excluding carboxylic acids is 1. The van der Waals surface area contributed by atoms with Crippen molar-refractivity contribution in [3.05, 3.63) is 0 Å². The lowest BCUT2D eigenvalue weighted by Gasteiger charge is -2.38. The van der Waals surface area contributed by atoms with Gasteiger partial charge < -0.3 is 25.5 Å². The van der Waals surface area contributed by atoms with Gasteiger partial charge in [0.25, 0.3) is 0 Å². The molecule has 0 aromatic rings. The number of carbonyl (C=O) groups is 4. The highest BCUT2D eigenvalue weighted by molar-refractivity contribution is 5.95. The molecule has 0 rings (SSSR count). The van der Waals surface area contributed by atoms with Gasteiger partial charge in [0.2, 0.25) is 0 Å².